The van der Waals surface area contributed by atoms with Crippen molar-refractivity contribution < 1.29 is 24.1 Å². The molecule has 0 spiro atoms. The second kappa shape index (κ2) is 10.9. The molecule has 0 saturated carbocycles. The summed E-state index contributed by atoms with van der Waals surface area (Å²) < 4.78 is 22.3. The van der Waals surface area contributed by atoms with Gasteiger partial charge in [0.2, 0.25) is 5.88 Å². The lowest BCUT2D eigenvalue weighted by atomic mass is 9.99. The van der Waals surface area contributed by atoms with E-state index in [2.05, 4.69) is 30.3 Å². The number of hydrogen-bond donors (Lipinski definition) is 1. The quantitative estimate of drug-likeness (QED) is 0.244. The molecule has 8 nitrogen and oxygen atoms in total. The minimum absolute atomic E-state index is 0.362. The lowest BCUT2D eigenvalue weighted by molar-refractivity contribution is 0.0683. The third kappa shape index (κ3) is 4.62. The Hall–Kier alpha value is -4.30. The van der Waals surface area contributed by atoms with E-state index in [9.17, 15) is 9.90 Å². The average Bonchev–Trinajstić information content (AvgIpc) is 3.51. The molecule has 2 aromatic heterocycles. The molecular formula is C33H33N3O5. The van der Waals surface area contributed by atoms with E-state index >= 15 is 0 Å². The molecule has 0 amide bonds. The Balaban J connectivity index is 1.29. The van der Waals surface area contributed by atoms with Crippen LogP contribution < -0.4 is 9.47 Å². The van der Waals surface area contributed by atoms with Crippen LogP contribution in [-0.2, 0) is 30.9 Å². The fourth-order valence-corrected chi connectivity index (χ4v) is 6.35. The van der Waals surface area contributed by atoms with Crippen LogP contribution in [0.2, 0.25) is 0 Å². The van der Waals surface area contributed by atoms with Crippen molar-refractivity contribution in [3.05, 3.63) is 77.6 Å². The van der Waals surface area contributed by atoms with Crippen LogP contribution in [0.15, 0.2) is 60.7 Å². The number of rotatable bonds is 6. The summed E-state index contributed by atoms with van der Waals surface area (Å²) >= 11 is 0. The normalized spacial score (nSPS) is 15.1. The van der Waals surface area contributed by atoms with Crippen LogP contribution in [0.3, 0.4) is 0 Å². The molecule has 0 saturated heterocycles. The molecule has 7 rings (SSSR count). The summed E-state index contributed by atoms with van der Waals surface area (Å²) in [6.45, 7) is 3.53. The van der Waals surface area contributed by atoms with Crippen LogP contribution in [0.1, 0.15) is 47.4 Å². The Morgan fingerprint density at radius 2 is 1.80 bits per heavy atom. The predicted molar refractivity (Wildman–Crippen MR) is 157 cm³/mol. The highest BCUT2D eigenvalue weighted by atomic mass is 16.5. The molecule has 5 aromatic rings. The lowest BCUT2D eigenvalue weighted by Crippen LogP contribution is -2.15. The number of carboxylic acid groups (broad SMARTS) is 1. The van der Waals surface area contributed by atoms with E-state index in [0.717, 1.165) is 81.5 Å². The molecule has 0 aliphatic carbocycles. The highest BCUT2D eigenvalue weighted by molar-refractivity contribution is 6.04. The van der Waals surface area contributed by atoms with Gasteiger partial charge in [-0.15, -0.1) is 0 Å². The third-order valence-corrected chi connectivity index (χ3v) is 8.13. The predicted octanol–water partition coefficient (Wildman–Crippen LogP) is 6.46. The van der Waals surface area contributed by atoms with Crippen molar-refractivity contribution in [3.8, 4) is 22.8 Å². The third-order valence-electron chi connectivity index (χ3n) is 8.13. The minimum Gasteiger partial charge on any atom is -0.493 e. The number of hydrogen-bond acceptors (Lipinski definition) is 5. The smallest absolute Gasteiger partial charge is 0.352 e. The van der Waals surface area contributed by atoms with Gasteiger partial charge >= 0.3 is 5.97 Å². The van der Waals surface area contributed by atoms with Crippen molar-refractivity contribution in [3.63, 3.8) is 0 Å². The molecule has 0 atom stereocenters. The van der Waals surface area contributed by atoms with Gasteiger partial charge in [0, 0.05) is 42.5 Å². The highest BCUT2D eigenvalue weighted by Crippen LogP contribution is 2.42. The Bertz CT molecular complexity index is 1750. The molecule has 8 heteroatoms. The Labute approximate surface area is 238 Å². The monoisotopic (exact) mass is 551 g/mol. The largest absolute Gasteiger partial charge is 0.493 e. The summed E-state index contributed by atoms with van der Waals surface area (Å²) in [5, 5.41) is 18.6. The zero-order valence-electron chi connectivity index (χ0n) is 23.0. The summed E-state index contributed by atoms with van der Waals surface area (Å²) in [5.74, 6) is 0.689. The van der Waals surface area contributed by atoms with Gasteiger partial charge < -0.3 is 23.9 Å². The van der Waals surface area contributed by atoms with E-state index in [1.54, 1.807) is 0 Å². The number of aryl methyl sites for hydroxylation is 3. The molecule has 41 heavy (non-hydrogen) atoms. The molecule has 0 fully saturated rings. The van der Waals surface area contributed by atoms with E-state index in [-0.39, 0.29) is 0 Å². The van der Waals surface area contributed by atoms with Crippen molar-refractivity contribution >= 4 is 27.6 Å². The number of aromatic carboxylic acids is 1. The van der Waals surface area contributed by atoms with Crippen molar-refractivity contribution in [2.24, 2.45) is 0 Å². The van der Waals surface area contributed by atoms with Crippen molar-refractivity contribution in [2.75, 3.05) is 19.8 Å². The maximum atomic E-state index is 12.8. The number of para-hydroxylation sites is 1. The molecule has 0 radical (unpaired) electrons. The first-order valence-electron chi connectivity index (χ1n) is 14.5. The van der Waals surface area contributed by atoms with Crippen LogP contribution >= 0.6 is 0 Å². The minimum atomic E-state index is -0.906. The average molecular weight is 552 g/mol. The van der Waals surface area contributed by atoms with Crippen LogP contribution in [0.5, 0.6) is 11.6 Å². The second-order valence-corrected chi connectivity index (χ2v) is 10.7. The number of aromatic nitrogens is 3. The summed E-state index contributed by atoms with van der Waals surface area (Å²) in [5.41, 5.74) is 4.86. The van der Waals surface area contributed by atoms with Crippen LogP contribution in [0.4, 0.5) is 0 Å². The molecule has 0 unspecified atom stereocenters. The van der Waals surface area contributed by atoms with Crippen LogP contribution in [-0.4, -0.2) is 45.2 Å². The number of benzene rings is 3. The fourth-order valence-electron chi connectivity index (χ4n) is 6.35. The zero-order chi connectivity index (χ0) is 27.8. The van der Waals surface area contributed by atoms with Gasteiger partial charge in [-0.05, 0) is 42.7 Å². The van der Waals surface area contributed by atoms with Crippen LogP contribution in [0.25, 0.3) is 32.8 Å². The number of nitrogens with zero attached hydrogens (tertiary/aromatic N) is 3. The standard InChI is InChI=1S/C33H33N3O5/c37-33(38)31-25(14-7-19-40-28-15-5-10-22-9-1-2-11-23(22)28)24-12-6-13-26-29-27(34-36-17-8-20-41-32(29)36)21-39-18-4-3-16-35(31)30(24)26/h1-2,5-6,9-13,15H,3-4,7-8,14,16-21H2,(H,37,38). The van der Waals surface area contributed by atoms with E-state index in [1.165, 1.54) is 0 Å². The number of carboxylic acids is 1. The fraction of sp³-hybridized carbons (Fsp3) is 0.333. The molecular weight excluding hydrogens is 518 g/mol. The lowest BCUT2D eigenvalue weighted by Gasteiger charge is -2.17. The molecule has 0 bridgehead atoms. The van der Waals surface area contributed by atoms with E-state index < -0.39 is 5.97 Å². The SMILES string of the molecule is O=C(O)c1c(CCCOc2cccc3ccccc23)c2cccc3c2n1CCCCOCc1nn2c(c1-3)OCCC2. The Morgan fingerprint density at radius 3 is 2.73 bits per heavy atom. The molecule has 3 aromatic carbocycles. The molecule has 4 heterocycles. The number of ether oxygens (including phenoxy) is 3. The molecule has 2 aliphatic rings. The highest BCUT2D eigenvalue weighted by Gasteiger charge is 2.29. The second-order valence-electron chi connectivity index (χ2n) is 10.7. The van der Waals surface area contributed by atoms with E-state index in [0.29, 0.717) is 51.5 Å². The maximum absolute atomic E-state index is 12.8. The van der Waals surface area contributed by atoms with Gasteiger partial charge in [0.05, 0.1) is 30.9 Å². The number of fused-ring (bicyclic) bond motifs is 5. The van der Waals surface area contributed by atoms with Gasteiger partial charge in [-0.2, -0.15) is 5.10 Å². The molecule has 1 N–H and O–H groups in total. The first-order valence-corrected chi connectivity index (χ1v) is 14.5. The van der Waals surface area contributed by atoms with Crippen molar-refractivity contribution in [1.29, 1.82) is 0 Å². The maximum Gasteiger partial charge on any atom is 0.352 e. The molecule has 2 aliphatic heterocycles. The first-order chi connectivity index (χ1) is 20.2. The van der Waals surface area contributed by atoms with Crippen molar-refractivity contribution in [2.45, 2.75) is 51.8 Å². The Kier molecular flexibility index (Phi) is 6.84. The topological polar surface area (TPSA) is 87.7 Å². The van der Waals surface area contributed by atoms with Gasteiger partial charge in [0.25, 0.3) is 0 Å². The summed E-state index contributed by atoms with van der Waals surface area (Å²) in [6, 6.07) is 20.4. The van der Waals surface area contributed by atoms with Gasteiger partial charge in [0.15, 0.2) is 0 Å². The van der Waals surface area contributed by atoms with Gasteiger partial charge in [-0.25, -0.2) is 9.48 Å². The van der Waals surface area contributed by atoms with E-state index in [1.807, 2.05) is 39.6 Å². The summed E-state index contributed by atoms with van der Waals surface area (Å²) in [4.78, 5) is 12.8. The van der Waals surface area contributed by atoms with E-state index in [4.69, 9.17) is 19.3 Å². The first kappa shape index (κ1) is 25.7. The molecule has 210 valence electrons. The van der Waals surface area contributed by atoms with Gasteiger partial charge in [-0.1, -0.05) is 54.6 Å². The zero-order valence-corrected chi connectivity index (χ0v) is 23.0. The number of carbonyl (C=O) groups is 1. The Morgan fingerprint density at radius 1 is 0.951 bits per heavy atom. The van der Waals surface area contributed by atoms with Crippen molar-refractivity contribution in [1.82, 2.24) is 14.3 Å². The van der Waals surface area contributed by atoms with Crippen LogP contribution in [0, 0.1) is 0 Å². The summed E-state index contributed by atoms with van der Waals surface area (Å²) in [6.07, 6.45) is 3.86. The van der Waals surface area contributed by atoms with Gasteiger partial charge in [0.1, 0.15) is 17.1 Å². The van der Waals surface area contributed by atoms with Gasteiger partial charge in [-0.3, -0.25) is 0 Å². The summed E-state index contributed by atoms with van der Waals surface area (Å²) in [7, 11) is 0.